The van der Waals surface area contributed by atoms with Gasteiger partial charge >= 0.3 is 0 Å². The number of hydrogen-bond donors (Lipinski definition) is 1. The topological polar surface area (TPSA) is 29.3 Å². The van der Waals surface area contributed by atoms with Crippen LogP contribution in [-0.4, -0.2) is 17.5 Å². The van der Waals surface area contributed by atoms with Crippen molar-refractivity contribution in [2.24, 2.45) is 11.8 Å². The maximum Gasteiger partial charge on any atom is 0.0362 e. The molecule has 2 heteroatoms. The van der Waals surface area contributed by atoms with Gasteiger partial charge in [0.25, 0.3) is 0 Å². The Hall–Kier alpha value is -1.02. The van der Waals surface area contributed by atoms with E-state index < -0.39 is 0 Å². The van der Waals surface area contributed by atoms with Gasteiger partial charge in [0.2, 0.25) is 0 Å². The Labute approximate surface area is 123 Å². The van der Waals surface area contributed by atoms with Crippen LogP contribution >= 0.6 is 0 Å². The van der Waals surface area contributed by atoms with Crippen molar-refractivity contribution in [1.29, 1.82) is 0 Å². The maximum atomic E-state index is 6.18. The summed E-state index contributed by atoms with van der Waals surface area (Å²) in [5.74, 6) is 1.75. The molecule has 20 heavy (non-hydrogen) atoms. The van der Waals surface area contributed by atoms with Crippen molar-refractivity contribution in [2.45, 2.75) is 58.5 Å². The lowest BCUT2D eigenvalue weighted by Gasteiger charge is -2.41. The fourth-order valence-electron chi connectivity index (χ4n) is 4.08. The predicted octanol–water partition coefficient (Wildman–Crippen LogP) is 3.84. The standard InChI is InChI=1S/C18H28N2/c1-13(2)15-6-3-7-16(11-15)20-10-9-14-5-4-8-18(19)17(14)12-20/h4-5,8,13,15-16H,3,6-7,9-12,19H2,1-2H3. The van der Waals surface area contributed by atoms with E-state index in [-0.39, 0.29) is 0 Å². The Balaban J connectivity index is 1.72. The monoisotopic (exact) mass is 272 g/mol. The van der Waals surface area contributed by atoms with Crippen LogP contribution in [0.4, 0.5) is 5.69 Å². The van der Waals surface area contributed by atoms with Crippen molar-refractivity contribution >= 4 is 5.69 Å². The van der Waals surface area contributed by atoms with Gasteiger partial charge in [-0.15, -0.1) is 0 Å². The van der Waals surface area contributed by atoms with Crippen LogP contribution in [-0.2, 0) is 13.0 Å². The molecule has 2 nitrogen and oxygen atoms in total. The van der Waals surface area contributed by atoms with Crippen molar-refractivity contribution < 1.29 is 0 Å². The van der Waals surface area contributed by atoms with Gasteiger partial charge in [-0.3, -0.25) is 4.90 Å². The minimum absolute atomic E-state index is 0.781. The van der Waals surface area contributed by atoms with Gasteiger partial charge in [-0.2, -0.15) is 0 Å². The molecule has 2 unspecified atom stereocenters. The highest BCUT2D eigenvalue weighted by molar-refractivity contribution is 5.51. The number of fused-ring (bicyclic) bond motifs is 1. The van der Waals surface area contributed by atoms with E-state index in [2.05, 4.69) is 36.9 Å². The summed E-state index contributed by atoms with van der Waals surface area (Å²) in [6.45, 7) is 7.05. The molecule has 0 amide bonds. The van der Waals surface area contributed by atoms with Gasteiger partial charge in [0.1, 0.15) is 0 Å². The lowest BCUT2D eigenvalue weighted by Crippen LogP contribution is -2.42. The molecular weight excluding hydrogens is 244 g/mol. The average Bonchev–Trinajstić information content (AvgIpc) is 2.47. The van der Waals surface area contributed by atoms with E-state index in [9.17, 15) is 0 Å². The van der Waals surface area contributed by atoms with Crippen molar-refractivity contribution in [2.75, 3.05) is 12.3 Å². The summed E-state index contributed by atoms with van der Waals surface area (Å²) in [6.07, 6.45) is 6.77. The molecule has 0 saturated heterocycles. The summed E-state index contributed by atoms with van der Waals surface area (Å²) in [6, 6.07) is 7.18. The van der Waals surface area contributed by atoms with Crippen LogP contribution in [0, 0.1) is 11.8 Å². The number of nitrogens with two attached hydrogens (primary N) is 1. The highest BCUT2D eigenvalue weighted by Gasteiger charge is 2.30. The van der Waals surface area contributed by atoms with Gasteiger partial charge in [0.15, 0.2) is 0 Å². The van der Waals surface area contributed by atoms with E-state index >= 15 is 0 Å². The van der Waals surface area contributed by atoms with Gasteiger partial charge in [-0.05, 0) is 48.3 Å². The van der Waals surface area contributed by atoms with Crippen molar-refractivity contribution in [3.63, 3.8) is 0 Å². The maximum absolute atomic E-state index is 6.18. The van der Waals surface area contributed by atoms with E-state index in [0.717, 1.165) is 30.1 Å². The minimum atomic E-state index is 0.781. The fourth-order valence-corrected chi connectivity index (χ4v) is 4.08. The number of nitrogen functional groups attached to an aromatic ring is 1. The summed E-state index contributed by atoms with van der Waals surface area (Å²) in [4.78, 5) is 2.70. The van der Waals surface area contributed by atoms with Crippen molar-refractivity contribution in [3.05, 3.63) is 29.3 Å². The molecule has 0 bridgehead atoms. The second-order valence-electron chi connectivity index (χ2n) is 7.03. The lowest BCUT2D eigenvalue weighted by molar-refractivity contribution is 0.103. The van der Waals surface area contributed by atoms with Crippen LogP contribution in [0.15, 0.2) is 18.2 Å². The third kappa shape index (κ3) is 2.71. The SMILES string of the molecule is CC(C)C1CCCC(N2CCc3cccc(N)c3C2)C1. The Bertz CT molecular complexity index is 466. The Morgan fingerprint density at radius 3 is 2.90 bits per heavy atom. The van der Waals surface area contributed by atoms with E-state index in [0.29, 0.717) is 0 Å². The van der Waals surface area contributed by atoms with Crippen molar-refractivity contribution in [3.8, 4) is 0 Å². The molecule has 1 aromatic carbocycles. The minimum Gasteiger partial charge on any atom is -0.398 e. The molecule has 2 N–H and O–H groups in total. The molecule has 1 fully saturated rings. The van der Waals surface area contributed by atoms with Gasteiger partial charge in [-0.25, -0.2) is 0 Å². The summed E-state index contributed by atoms with van der Waals surface area (Å²) in [5.41, 5.74) is 10.0. The molecule has 110 valence electrons. The molecule has 2 atom stereocenters. The number of anilines is 1. The van der Waals surface area contributed by atoms with Crippen LogP contribution in [0.5, 0.6) is 0 Å². The molecule has 3 rings (SSSR count). The quantitative estimate of drug-likeness (QED) is 0.829. The molecule has 1 heterocycles. The highest BCUT2D eigenvalue weighted by atomic mass is 15.2. The van der Waals surface area contributed by atoms with E-state index in [4.69, 9.17) is 5.73 Å². The smallest absolute Gasteiger partial charge is 0.0362 e. The molecule has 1 aromatic rings. The molecule has 1 saturated carbocycles. The largest absolute Gasteiger partial charge is 0.398 e. The summed E-state index contributed by atoms with van der Waals surface area (Å²) < 4.78 is 0. The Kier molecular flexibility index (Phi) is 4.02. The first kappa shape index (κ1) is 13.9. The van der Waals surface area contributed by atoms with Gasteiger partial charge in [0.05, 0.1) is 0 Å². The molecule has 0 spiro atoms. The first-order valence-corrected chi connectivity index (χ1v) is 8.25. The third-order valence-electron chi connectivity index (χ3n) is 5.49. The molecule has 1 aliphatic heterocycles. The Morgan fingerprint density at radius 2 is 2.10 bits per heavy atom. The second kappa shape index (κ2) is 5.77. The molecule has 1 aliphatic carbocycles. The van der Waals surface area contributed by atoms with Crippen LogP contribution in [0.25, 0.3) is 0 Å². The molecule has 2 aliphatic rings. The van der Waals surface area contributed by atoms with Crippen LogP contribution in [0.3, 0.4) is 0 Å². The highest BCUT2D eigenvalue weighted by Crippen LogP contribution is 2.35. The second-order valence-corrected chi connectivity index (χ2v) is 7.03. The molecule has 0 aromatic heterocycles. The summed E-state index contributed by atoms with van der Waals surface area (Å²) >= 11 is 0. The fraction of sp³-hybridized carbons (Fsp3) is 0.667. The van der Waals surface area contributed by atoms with E-state index in [1.807, 2.05) is 0 Å². The zero-order chi connectivity index (χ0) is 14.1. The van der Waals surface area contributed by atoms with E-state index in [1.165, 1.54) is 49.8 Å². The summed E-state index contributed by atoms with van der Waals surface area (Å²) in [7, 11) is 0. The zero-order valence-corrected chi connectivity index (χ0v) is 12.9. The van der Waals surface area contributed by atoms with Gasteiger partial charge in [-0.1, -0.05) is 38.8 Å². The summed E-state index contributed by atoms with van der Waals surface area (Å²) in [5, 5.41) is 0. The number of rotatable bonds is 2. The average molecular weight is 272 g/mol. The van der Waals surface area contributed by atoms with Crippen LogP contribution < -0.4 is 5.73 Å². The third-order valence-corrected chi connectivity index (χ3v) is 5.49. The number of benzene rings is 1. The normalized spacial score (nSPS) is 27.6. The van der Waals surface area contributed by atoms with Gasteiger partial charge in [0, 0.05) is 24.8 Å². The first-order chi connectivity index (χ1) is 9.65. The number of hydrogen-bond acceptors (Lipinski definition) is 2. The molecular formula is C18H28N2. The van der Waals surface area contributed by atoms with Crippen LogP contribution in [0.1, 0.15) is 50.7 Å². The lowest BCUT2D eigenvalue weighted by atomic mass is 9.78. The van der Waals surface area contributed by atoms with Gasteiger partial charge < -0.3 is 5.73 Å². The zero-order valence-electron chi connectivity index (χ0n) is 12.9. The molecule has 0 radical (unpaired) electrons. The van der Waals surface area contributed by atoms with Crippen molar-refractivity contribution in [1.82, 2.24) is 4.90 Å². The van der Waals surface area contributed by atoms with Crippen LogP contribution in [0.2, 0.25) is 0 Å². The van der Waals surface area contributed by atoms with E-state index in [1.54, 1.807) is 0 Å². The number of nitrogens with zero attached hydrogens (tertiary/aromatic N) is 1. The predicted molar refractivity (Wildman–Crippen MR) is 85.6 cm³/mol. The Morgan fingerprint density at radius 1 is 1.25 bits per heavy atom. The first-order valence-electron chi connectivity index (χ1n) is 8.25.